The highest BCUT2D eigenvalue weighted by molar-refractivity contribution is 6.62. The Morgan fingerprint density at radius 3 is 2.33 bits per heavy atom. The maximum absolute atomic E-state index is 13.6. The zero-order chi connectivity index (χ0) is 28.4. The van der Waals surface area contributed by atoms with Crippen LogP contribution >= 0.6 is 0 Å². The Balaban J connectivity index is 1.49. The van der Waals surface area contributed by atoms with Crippen molar-refractivity contribution in [1.29, 1.82) is 0 Å². The molecule has 0 aromatic heterocycles. The molecule has 4 rings (SSSR count). The number of amides is 2. The van der Waals surface area contributed by atoms with Crippen LogP contribution in [0.2, 0.25) is 0 Å². The largest absolute Gasteiger partial charge is 0.494 e. The van der Waals surface area contributed by atoms with Crippen molar-refractivity contribution < 1.29 is 28.4 Å². The second kappa shape index (κ2) is 11.7. The van der Waals surface area contributed by atoms with Crippen LogP contribution in [0.25, 0.3) is 5.70 Å². The number of hydrogen-bond donors (Lipinski definition) is 2. The smallest absolute Gasteiger partial charge is 0.453 e. The number of alkyl carbamates (subject to hydrolysis) is 1. The normalized spacial score (nSPS) is 23.7. The van der Waals surface area contributed by atoms with Crippen LogP contribution in [-0.2, 0) is 23.6 Å². The van der Waals surface area contributed by atoms with Gasteiger partial charge >= 0.3 is 13.2 Å². The summed E-state index contributed by atoms with van der Waals surface area (Å²) in [7, 11) is 2.40. The van der Waals surface area contributed by atoms with Crippen LogP contribution in [0.3, 0.4) is 0 Å². The van der Waals surface area contributed by atoms with Gasteiger partial charge in [-0.25, -0.2) is 4.79 Å². The summed E-state index contributed by atoms with van der Waals surface area (Å²) >= 11 is 0. The predicted molar refractivity (Wildman–Crippen MR) is 151 cm³/mol. The van der Waals surface area contributed by atoms with E-state index in [0.29, 0.717) is 6.54 Å². The fourth-order valence-corrected chi connectivity index (χ4v) is 5.17. The molecular formula is C29H42BN3O6. The van der Waals surface area contributed by atoms with Crippen molar-refractivity contribution in [2.75, 3.05) is 20.8 Å². The highest BCUT2D eigenvalue weighted by Crippen LogP contribution is 2.36. The van der Waals surface area contributed by atoms with Crippen LogP contribution in [0.1, 0.15) is 65.9 Å². The van der Waals surface area contributed by atoms with Gasteiger partial charge in [-0.3, -0.25) is 4.79 Å². The number of rotatable bonds is 7. The molecule has 2 amide bonds. The Hall–Kier alpha value is -2.82. The van der Waals surface area contributed by atoms with E-state index in [1.165, 1.54) is 14.2 Å². The molecule has 3 aliphatic heterocycles. The van der Waals surface area contributed by atoms with Crippen molar-refractivity contribution in [3.63, 3.8) is 0 Å². The Labute approximate surface area is 232 Å². The molecule has 9 nitrogen and oxygen atoms in total. The number of ether oxygens (including phenoxy) is 2. The standard InChI is InChI=1S/C29H42BN3O6/c1-19(36-6)25(32-27(35)37-7)26(34)33-18-10-13-24(33)23-12-9-8-11-22(31-23)20-14-16-21(17-15-20)30-38-28(2,3)29(4,5)39-30/h11-12,14-17,19,24-25,31H,8-10,13,18H2,1-7H3,(H,32,35)/t19-,24+,25+/m1/s1. The van der Waals surface area contributed by atoms with Crippen molar-refractivity contribution in [2.24, 2.45) is 0 Å². The first-order valence-corrected chi connectivity index (χ1v) is 13.8. The lowest BCUT2D eigenvalue weighted by Gasteiger charge is -2.33. The van der Waals surface area contributed by atoms with Crippen molar-refractivity contribution >= 4 is 30.3 Å². The van der Waals surface area contributed by atoms with E-state index in [0.717, 1.165) is 48.1 Å². The highest BCUT2D eigenvalue weighted by atomic mass is 16.7. The fourth-order valence-electron chi connectivity index (χ4n) is 5.17. The minimum atomic E-state index is -0.841. The van der Waals surface area contributed by atoms with Crippen LogP contribution in [0, 0.1) is 0 Å². The average molecular weight is 539 g/mol. The van der Waals surface area contributed by atoms with E-state index in [1.807, 2.05) is 4.90 Å². The number of carbonyl (C=O) groups excluding carboxylic acids is 2. The molecule has 0 radical (unpaired) electrons. The number of benzene rings is 1. The van der Waals surface area contributed by atoms with Gasteiger partial charge in [0.1, 0.15) is 6.04 Å². The molecule has 0 unspecified atom stereocenters. The maximum Gasteiger partial charge on any atom is 0.494 e. The number of methoxy groups -OCH3 is 2. The Morgan fingerprint density at radius 1 is 1.08 bits per heavy atom. The zero-order valence-electron chi connectivity index (χ0n) is 24.2. The fraction of sp³-hybridized carbons (Fsp3) is 0.586. The van der Waals surface area contributed by atoms with Crippen molar-refractivity contribution in [1.82, 2.24) is 15.5 Å². The Morgan fingerprint density at radius 2 is 1.72 bits per heavy atom. The van der Waals surface area contributed by atoms with E-state index in [2.05, 4.69) is 74.7 Å². The zero-order valence-corrected chi connectivity index (χ0v) is 24.2. The second-order valence-corrected chi connectivity index (χ2v) is 11.4. The monoisotopic (exact) mass is 539 g/mol. The van der Waals surface area contributed by atoms with Gasteiger partial charge in [0.05, 0.1) is 30.5 Å². The molecule has 1 aromatic rings. The SMILES string of the molecule is COC(=O)N[C@H](C(=O)N1CCC[C@H]1C1=CCCC=C(c2ccc(B3OC(C)(C)C(C)(C)O3)cc2)N1)[C@@H](C)OC. The van der Waals surface area contributed by atoms with E-state index in [9.17, 15) is 9.59 Å². The van der Waals surface area contributed by atoms with Gasteiger partial charge in [0.25, 0.3) is 0 Å². The van der Waals surface area contributed by atoms with Gasteiger partial charge in [-0.05, 0) is 71.3 Å². The number of carbonyl (C=O) groups is 2. The van der Waals surface area contributed by atoms with Crippen molar-refractivity contribution in [2.45, 2.75) is 89.7 Å². The topological polar surface area (TPSA) is 98.4 Å². The summed E-state index contributed by atoms with van der Waals surface area (Å²) < 4.78 is 22.6. The molecule has 212 valence electrons. The molecule has 3 heterocycles. The quantitative estimate of drug-likeness (QED) is 0.513. The first-order valence-electron chi connectivity index (χ1n) is 13.8. The third kappa shape index (κ3) is 6.18. The number of allylic oxidation sites excluding steroid dienone is 2. The summed E-state index contributed by atoms with van der Waals surface area (Å²) in [5, 5.41) is 6.28. The summed E-state index contributed by atoms with van der Waals surface area (Å²) in [5.41, 5.74) is 3.26. The number of nitrogens with zero attached hydrogens (tertiary/aromatic N) is 1. The minimum Gasteiger partial charge on any atom is -0.453 e. The average Bonchev–Trinajstić information content (AvgIpc) is 3.38. The molecule has 2 N–H and O–H groups in total. The van der Waals surface area contributed by atoms with Crippen LogP contribution in [0.5, 0.6) is 0 Å². The maximum atomic E-state index is 13.6. The molecule has 2 fully saturated rings. The van der Waals surface area contributed by atoms with Gasteiger partial charge in [0.2, 0.25) is 5.91 Å². The molecule has 3 atom stereocenters. The Bertz CT molecular complexity index is 1100. The van der Waals surface area contributed by atoms with E-state index in [4.69, 9.17) is 18.8 Å². The van der Waals surface area contributed by atoms with Gasteiger partial charge in [-0.15, -0.1) is 0 Å². The molecule has 1 aromatic carbocycles. The number of hydrogen-bond acceptors (Lipinski definition) is 7. The second-order valence-electron chi connectivity index (χ2n) is 11.4. The summed E-state index contributed by atoms with van der Waals surface area (Å²) in [6, 6.07) is 7.30. The van der Waals surface area contributed by atoms with Crippen LogP contribution in [0.4, 0.5) is 4.79 Å². The third-order valence-corrected chi connectivity index (χ3v) is 8.37. The van der Waals surface area contributed by atoms with E-state index >= 15 is 0 Å². The van der Waals surface area contributed by atoms with Gasteiger partial charge in [0.15, 0.2) is 0 Å². The first-order chi connectivity index (χ1) is 18.5. The van der Waals surface area contributed by atoms with Gasteiger partial charge in [-0.1, -0.05) is 36.4 Å². The molecule has 0 spiro atoms. The van der Waals surface area contributed by atoms with Crippen LogP contribution < -0.4 is 16.1 Å². The van der Waals surface area contributed by atoms with Crippen LogP contribution in [-0.4, -0.2) is 74.2 Å². The lowest BCUT2D eigenvalue weighted by atomic mass is 9.79. The minimum absolute atomic E-state index is 0.117. The first kappa shape index (κ1) is 29.2. The molecular weight excluding hydrogens is 497 g/mol. The third-order valence-electron chi connectivity index (χ3n) is 8.37. The molecule has 3 aliphatic rings. The van der Waals surface area contributed by atoms with Crippen molar-refractivity contribution in [3.05, 3.63) is 47.7 Å². The number of likely N-dealkylation sites (tertiary alicyclic amines) is 1. The lowest BCUT2D eigenvalue weighted by molar-refractivity contribution is -0.136. The van der Waals surface area contributed by atoms with E-state index in [1.54, 1.807) is 6.92 Å². The molecule has 0 aliphatic carbocycles. The summed E-state index contributed by atoms with van der Waals surface area (Å²) in [6.07, 6.45) is 6.69. The molecule has 39 heavy (non-hydrogen) atoms. The lowest BCUT2D eigenvalue weighted by Crippen LogP contribution is -2.55. The summed E-state index contributed by atoms with van der Waals surface area (Å²) in [4.78, 5) is 27.4. The molecule has 0 bridgehead atoms. The van der Waals surface area contributed by atoms with E-state index in [-0.39, 0.29) is 11.9 Å². The van der Waals surface area contributed by atoms with E-state index < -0.39 is 36.6 Å². The Kier molecular flexibility index (Phi) is 8.78. The molecule has 10 heteroatoms. The predicted octanol–water partition coefficient (Wildman–Crippen LogP) is 3.34. The van der Waals surface area contributed by atoms with Gasteiger partial charge < -0.3 is 34.3 Å². The van der Waals surface area contributed by atoms with Gasteiger partial charge in [-0.2, -0.15) is 0 Å². The molecule has 0 saturated carbocycles. The van der Waals surface area contributed by atoms with Crippen molar-refractivity contribution in [3.8, 4) is 0 Å². The van der Waals surface area contributed by atoms with Crippen LogP contribution in [0.15, 0.2) is 42.1 Å². The highest BCUT2D eigenvalue weighted by Gasteiger charge is 2.51. The summed E-state index contributed by atoms with van der Waals surface area (Å²) in [5.74, 6) is -0.179. The van der Waals surface area contributed by atoms with Gasteiger partial charge in [0, 0.05) is 25.0 Å². The molecule has 2 saturated heterocycles. The number of nitrogens with one attached hydrogen (secondary N) is 2. The summed E-state index contributed by atoms with van der Waals surface area (Å²) in [6.45, 7) is 10.6.